The van der Waals surface area contributed by atoms with Gasteiger partial charge in [0, 0.05) is 14.1 Å². The summed E-state index contributed by atoms with van der Waals surface area (Å²) in [4.78, 5) is 0. The van der Waals surface area contributed by atoms with Gasteiger partial charge in [0.2, 0.25) is 0 Å². The molecule has 78 valence electrons. The summed E-state index contributed by atoms with van der Waals surface area (Å²) in [6, 6.07) is 6.92. The minimum absolute atomic E-state index is 0.476. The van der Waals surface area contributed by atoms with Gasteiger partial charge in [0.25, 0.3) is 0 Å². The topological polar surface area (TPSA) is 12.0 Å². The Morgan fingerprint density at radius 3 is 2.79 bits per heavy atom. The van der Waals surface area contributed by atoms with Crippen molar-refractivity contribution in [3.8, 4) is 0 Å². The molecule has 0 heterocycles. The highest BCUT2D eigenvalue weighted by molar-refractivity contribution is 14.1. The molecule has 14 heavy (non-hydrogen) atoms. The van der Waals surface area contributed by atoms with Crippen molar-refractivity contribution in [3.05, 3.63) is 31.8 Å². The van der Waals surface area contributed by atoms with Gasteiger partial charge in [-0.3, -0.25) is 0 Å². The van der Waals surface area contributed by atoms with Gasteiger partial charge in [-0.05, 0) is 59.8 Å². The Morgan fingerprint density at radius 1 is 1.50 bits per heavy atom. The molecular formula is C11H15BrIN. The average Bonchev–Trinajstić information content (AvgIpc) is 2.18. The molecule has 0 saturated heterocycles. The summed E-state index contributed by atoms with van der Waals surface area (Å²) in [5, 5.41) is 3.36. The molecule has 0 aliphatic carbocycles. The predicted octanol–water partition coefficient (Wildman–Crippen LogP) is 4.11. The first kappa shape index (κ1) is 12.5. The third-order valence-electron chi connectivity index (χ3n) is 2.26. The van der Waals surface area contributed by atoms with Gasteiger partial charge in [0.1, 0.15) is 0 Å². The molecule has 1 aromatic carbocycles. The van der Waals surface area contributed by atoms with Gasteiger partial charge in [0.15, 0.2) is 0 Å². The molecule has 1 N–H and O–H groups in total. The largest absolute Gasteiger partial charge is 0.313 e. The summed E-state index contributed by atoms with van der Waals surface area (Å²) >= 11 is 5.91. The summed E-state index contributed by atoms with van der Waals surface area (Å²) in [5.41, 5.74) is 1.39. The maximum atomic E-state index is 3.51. The van der Waals surface area contributed by atoms with E-state index in [1.165, 1.54) is 22.0 Å². The minimum Gasteiger partial charge on any atom is -0.313 e. The molecule has 0 spiro atoms. The normalized spacial score (nSPS) is 12.9. The molecule has 0 saturated carbocycles. The van der Waals surface area contributed by atoms with E-state index in [0.717, 1.165) is 4.47 Å². The lowest BCUT2D eigenvalue weighted by Gasteiger charge is -2.17. The van der Waals surface area contributed by atoms with Crippen molar-refractivity contribution in [1.29, 1.82) is 0 Å². The van der Waals surface area contributed by atoms with E-state index >= 15 is 0 Å². The summed E-state index contributed by atoms with van der Waals surface area (Å²) in [6.45, 7) is 2.22. The fraction of sp³-hybridized carbons (Fsp3) is 0.455. The highest BCUT2D eigenvalue weighted by Gasteiger charge is 2.11. The monoisotopic (exact) mass is 367 g/mol. The SMILES string of the molecule is CCCC(NC)c1cc(Br)ccc1I. The first-order valence-corrected chi connectivity index (χ1v) is 6.68. The Hall–Kier alpha value is 0.390. The molecule has 3 heteroatoms. The predicted molar refractivity (Wildman–Crippen MR) is 73.6 cm³/mol. The van der Waals surface area contributed by atoms with Crippen LogP contribution in [0.25, 0.3) is 0 Å². The van der Waals surface area contributed by atoms with Crippen molar-refractivity contribution >= 4 is 38.5 Å². The van der Waals surface area contributed by atoms with Crippen LogP contribution in [0.3, 0.4) is 0 Å². The molecule has 0 aliphatic rings. The number of hydrogen-bond donors (Lipinski definition) is 1. The Balaban J connectivity index is 2.96. The van der Waals surface area contributed by atoms with Crippen molar-refractivity contribution in [3.63, 3.8) is 0 Å². The second-order valence-electron chi connectivity index (χ2n) is 3.30. The molecule has 0 bridgehead atoms. The van der Waals surface area contributed by atoms with Crippen LogP contribution in [0.2, 0.25) is 0 Å². The van der Waals surface area contributed by atoms with Gasteiger partial charge in [-0.25, -0.2) is 0 Å². The summed E-state index contributed by atoms with van der Waals surface area (Å²) in [7, 11) is 2.03. The number of hydrogen-bond acceptors (Lipinski definition) is 1. The first-order valence-electron chi connectivity index (χ1n) is 4.81. The molecule has 1 atom stereocenters. The highest BCUT2D eigenvalue weighted by Crippen LogP contribution is 2.26. The number of nitrogens with one attached hydrogen (secondary N) is 1. The van der Waals surface area contributed by atoms with E-state index in [2.05, 4.69) is 69.0 Å². The summed E-state index contributed by atoms with van der Waals surface area (Å²) in [5.74, 6) is 0. The molecule has 0 aromatic heterocycles. The maximum absolute atomic E-state index is 3.51. The van der Waals surface area contributed by atoms with Gasteiger partial charge in [0.05, 0.1) is 0 Å². The summed E-state index contributed by atoms with van der Waals surface area (Å²) < 4.78 is 2.49. The third kappa shape index (κ3) is 3.21. The quantitative estimate of drug-likeness (QED) is 0.789. The molecule has 1 unspecified atom stereocenters. The van der Waals surface area contributed by atoms with Crippen LogP contribution >= 0.6 is 38.5 Å². The zero-order valence-electron chi connectivity index (χ0n) is 8.48. The number of benzene rings is 1. The minimum atomic E-state index is 0.476. The second-order valence-corrected chi connectivity index (χ2v) is 5.37. The van der Waals surface area contributed by atoms with Crippen LogP contribution in [0.5, 0.6) is 0 Å². The van der Waals surface area contributed by atoms with Gasteiger partial charge >= 0.3 is 0 Å². The lowest BCUT2D eigenvalue weighted by Crippen LogP contribution is -2.17. The van der Waals surface area contributed by atoms with Crippen LogP contribution in [0.1, 0.15) is 31.4 Å². The van der Waals surface area contributed by atoms with Gasteiger partial charge in [-0.2, -0.15) is 0 Å². The van der Waals surface area contributed by atoms with Crippen LogP contribution in [0, 0.1) is 3.57 Å². The van der Waals surface area contributed by atoms with Gasteiger partial charge < -0.3 is 5.32 Å². The van der Waals surface area contributed by atoms with Gasteiger partial charge in [-0.15, -0.1) is 0 Å². The molecule has 0 radical (unpaired) electrons. The van der Waals surface area contributed by atoms with Crippen LogP contribution < -0.4 is 5.32 Å². The summed E-state index contributed by atoms with van der Waals surface area (Å²) in [6.07, 6.45) is 2.39. The second kappa shape index (κ2) is 6.08. The third-order valence-corrected chi connectivity index (χ3v) is 3.73. The molecule has 0 fully saturated rings. The van der Waals surface area contributed by atoms with Crippen molar-refractivity contribution in [1.82, 2.24) is 5.32 Å². The lowest BCUT2D eigenvalue weighted by molar-refractivity contribution is 0.539. The smallest absolute Gasteiger partial charge is 0.0328 e. The van der Waals surface area contributed by atoms with Crippen LogP contribution in [0.15, 0.2) is 22.7 Å². The van der Waals surface area contributed by atoms with E-state index in [9.17, 15) is 0 Å². The molecular weight excluding hydrogens is 353 g/mol. The van der Waals surface area contributed by atoms with Crippen LogP contribution in [-0.4, -0.2) is 7.05 Å². The Kier molecular flexibility index (Phi) is 5.41. The van der Waals surface area contributed by atoms with Crippen molar-refractivity contribution in [2.75, 3.05) is 7.05 Å². The number of halogens is 2. The fourth-order valence-electron chi connectivity index (χ4n) is 1.53. The average molecular weight is 368 g/mol. The van der Waals surface area contributed by atoms with E-state index in [1.807, 2.05) is 7.05 Å². The van der Waals surface area contributed by atoms with E-state index in [0.29, 0.717) is 6.04 Å². The van der Waals surface area contributed by atoms with Crippen LogP contribution in [0.4, 0.5) is 0 Å². The molecule has 0 amide bonds. The molecule has 0 aliphatic heterocycles. The standard InChI is InChI=1S/C11H15BrIN/c1-3-4-11(14-2)9-7-8(12)5-6-10(9)13/h5-7,11,14H,3-4H2,1-2H3. The zero-order chi connectivity index (χ0) is 10.6. The van der Waals surface area contributed by atoms with Crippen molar-refractivity contribution < 1.29 is 0 Å². The van der Waals surface area contributed by atoms with Gasteiger partial charge in [-0.1, -0.05) is 29.3 Å². The lowest BCUT2D eigenvalue weighted by atomic mass is 10.0. The van der Waals surface area contributed by atoms with E-state index in [4.69, 9.17) is 0 Å². The maximum Gasteiger partial charge on any atom is 0.0328 e. The Bertz CT molecular complexity index is 301. The molecule has 1 nitrogen and oxygen atoms in total. The van der Waals surface area contributed by atoms with Crippen molar-refractivity contribution in [2.45, 2.75) is 25.8 Å². The number of rotatable bonds is 4. The van der Waals surface area contributed by atoms with E-state index < -0.39 is 0 Å². The van der Waals surface area contributed by atoms with Crippen LogP contribution in [-0.2, 0) is 0 Å². The Morgan fingerprint density at radius 2 is 2.21 bits per heavy atom. The van der Waals surface area contributed by atoms with E-state index in [-0.39, 0.29) is 0 Å². The molecule has 1 aromatic rings. The Labute approximate surface area is 108 Å². The van der Waals surface area contributed by atoms with Crippen molar-refractivity contribution in [2.24, 2.45) is 0 Å². The van der Waals surface area contributed by atoms with E-state index in [1.54, 1.807) is 0 Å². The fourth-order valence-corrected chi connectivity index (χ4v) is 2.62. The highest BCUT2D eigenvalue weighted by atomic mass is 127. The first-order chi connectivity index (χ1) is 6.69. The molecule has 1 rings (SSSR count). The zero-order valence-corrected chi connectivity index (χ0v) is 12.2.